The molecule has 0 aliphatic carbocycles. The van der Waals surface area contributed by atoms with Crippen LogP contribution in [0, 0.1) is 11.3 Å². The SMILES string of the molecule is CC1(c2ccc(C#N)cc2)NC(=O)N(CC(=O)Nc2ccc(C(N)=O)cc2)C1=O. The molecule has 1 atom stereocenters. The predicted octanol–water partition coefficient (Wildman–Crippen LogP) is 1.06. The van der Waals surface area contributed by atoms with Gasteiger partial charge in [-0.2, -0.15) is 5.26 Å². The van der Waals surface area contributed by atoms with Crippen LogP contribution in [-0.4, -0.2) is 35.2 Å². The topological polar surface area (TPSA) is 145 Å². The number of primary amides is 1. The second-order valence-corrected chi connectivity index (χ2v) is 6.63. The number of imide groups is 1. The molecule has 5 amide bonds. The fourth-order valence-electron chi connectivity index (χ4n) is 2.98. The van der Waals surface area contributed by atoms with Crippen molar-refractivity contribution < 1.29 is 19.2 Å². The van der Waals surface area contributed by atoms with Crippen LogP contribution in [0.1, 0.15) is 28.4 Å². The molecule has 146 valence electrons. The number of nitriles is 1. The molecule has 0 bridgehead atoms. The first-order chi connectivity index (χ1) is 13.7. The average Bonchev–Trinajstić information content (AvgIpc) is 2.92. The summed E-state index contributed by atoms with van der Waals surface area (Å²) >= 11 is 0. The van der Waals surface area contributed by atoms with Crippen molar-refractivity contribution in [2.45, 2.75) is 12.5 Å². The number of nitrogens with zero attached hydrogens (tertiary/aromatic N) is 2. The Kier molecular flexibility index (Phi) is 5.02. The zero-order valence-corrected chi connectivity index (χ0v) is 15.4. The summed E-state index contributed by atoms with van der Waals surface area (Å²) in [5.74, 6) is -1.75. The summed E-state index contributed by atoms with van der Waals surface area (Å²) in [6, 6.07) is 13.4. The van der Waals surface area contributed by atoms with E-state index in [0.717, 1.165) is 4.90 Å². The molecule has 2 aromatic carbocycles. The standard InChI is InChI=1S/C20H17N5O4/c1-20(14-6-2-12(10-21)3-7-14)18(28)25(19(29)24-20)11-16(26)23-15-8-4-13(5-9-15)17(22)27/h2-9H,11H2,1H3,(H2,22,27)(H,23,26)(H,24,29). The highest BCUT2D eigenvalue weighted by Crippen LogP contribution is 2.29. The lowest BCUT2D eigenvalue weighted by Crippen LogP contribution is -2.42. The van der Waals surface area contributed by atoms with Gasteiger partial charge in [0.05, 0.1) is 11.6 Å². The first-order valence-electron chi connectivity index (χ1n) is 8.59. The van der Waals surface area contributed by atoms with E-state index in [1.165, 1.54) is 31.2 Å². The van der Waals surface area contributed by atoms with Crippen molar-refractivity contribution in [2.75, 3.05) is 11.9 Å². The van der Waals surface area contributed by atoms with Gasteiger partial charge < -0.3 is 16.4 Å². The minimum atomic E-state index is -1.34. The summed E-state index contributed by atoms with van der Waals surface area (Å²) in [6.45, 7) is 1.06. The van der Waals surface area contributed by atoms with E-state index in [4.69, 9.17) is 11.0 Å². The molecule has 0 radical (unpaired) electrons. The lowest BCUT2D eigenvalue weighted by molar-refractivity contribution is -0.133. The number of anilines is 1. The largest absolute Gasteiger partial charge is 0.366 e. The Hall–Kier alpha value is -4.19. The van der Waals surface area contributed by atoms with Crippen LogP contribution in [0.4, 0.5) is 10.5 Å². The predicted molar refractivity (Wildman–Crippen MR) is 102 cm³/mol. The van der Waals surface area contributed by atoms with Crippen molar-refractivity contribution in [1.82, 2.24) is 10.2 Å². The summed E-state index contributed by atoms with van der Waals surface area (Å²) in [4.78, 5) is 49.4. The molecule has 2 aromatic rings. The van der Waals surface area contributed by atoms with Crippen LogP contribution in [-0.2, 0) is 15.1 Å². The van der Waals surface area contributed by atoms with E-state index in [1.54, 1.807) is 24.3 Å². The molecule has 0 aromatic heterocycles. The number of hydrogen-bond acceptors (Lipinski definition) is 5. The second kappa shape index (κ2) is 7.44. The third-order valence-electron chi connectivity index (χ3n) is 4.62. The summed E-state index contributed by atoms with van der Waals surface area (Å²) in [6.07, 6.45) is 0. The summed E-state index contributed by atoms with van der Waals surface area (Å²) in [5, 5.41) is 14.0. The number of nitrogens with two attached hydrogens (primary N) is 1. The molecule has 1 fully saturated rings. The number of rotatable bonds is 5. The molecule has 9 nitrogen and oxygen atoms in total. The number of hydrogen-bond donors (Lipinski definition) is 3. The van der Waals surface area contributed by atoms with Crippen molar-refractivity contribution in [2.24, 2.45) is 5.73 Å². The minimum Gasteiger partial charge on any atom is -0.366 e. The van der Waals surface area contributed by atoms with Crippen LogP contribution in [0.5, 0.6) is 0 Å². The number of carbonyl (C=O) groups excluding carboxylic acids is 4. The van der Waals surface area contributed by atoms with Gasteiger partial charge in [0.1, 0.15) is 12.1 Å². The maximum Gasteiger partial charge on any atom is 0.325 e. The highest BCUT2D eigenvalue weighted by Gasteiger charge is 2.49. The number of carbonyl (C=O) groups is 4. The molecule has 9 heteroatoms. The van der Waals surface area contributed by atoms with Crippen LogP contribution >= 0.6 is 0 Å². The monoisotopic (exact) mass is 391 g/mol. The molecule has 3 rings (SSSR count). The van der Waals surface area contributed by atoms with Gasteiger partial charge in [0.15, 0.2) is 0 Å². The number of benzene rings is 2. The van der Waals surface area contributed by atoms with Crippen LogP contribution in [0.2, 0.25) is 0 Å². The van der Waals surface area contributed by atoms with Crippen molar-refractivity contribution in [1.29, 1.82) is 5.26 Å². The fourth-order valence-corrected chi connectivity index (χ4v) is 2.98. The van der Waals surface area contributed by atoms with Gasteiger partial charge in [-0.15, -0.1) is 0 Å². The molecular formula is C20H17N5O4. The Labute approximate surface area is 166 Å². The van der Waals surface area contributed by atoms with Gasteiger partial charge in [-0.3, -0.25) is 19.3 Å². The van der Waals surface area contributed by atoms with Crippen molar-refractivity contribution in [3.05, 3.63) is 65.2 Å². The van der Waals surface area contributed by atoms with Crippen LogP contribution in [0.15, 0.2) is 48.5 Å². The maximum absolute atomic E-state index is 12.8. The van der Waals surface area contributed by atoms with Gasteiger partial charge in [0.2, 0.25) is 11.8 Å². The molecule has 1 aliphatic rings. The van der Waals surface area contributed by atoms with Crippen molar-refractivity contribution >= 4 is 29.4 Å². The van der Waals surface area contributed by atoms with Gasteiger partial charge in [-0.1, -0.05) is 12.1 Å². The number of urea groups is 1. The van der Waals surface area contributed by atoms with E-state index in [9.17, 15) is 19.2 Å². The molecular weight excluding hydrogens is 374 g/mol. The molecule has 4 N–H and O–H groups in total. The minimum absolute atomic E-state index is 0.287. The van der Waals surface area contributed by atoms with Gasteiger partial charge in [-0.05, 0) is 48.9 Å². The van der Waals surface area contributed by atoms with Gasteiger partial charge in [-0.25, -0.2) is 4.79 Å². The summed E-state index contributed by atoms with van der Waals surface area (Å²) < 4.78 is 0. The van der Waals surface area contributed by atoms with Gasteiger partial charge in [0.25, 0.3) is 5.91 Å². The van der Waals surface area contributed by atoms with E-state index in [2.05, 4.69) is 10.6 Å². The Bertz CT molecular complexity index is 1040. The maximum atomic E-state index is 12.8. The zero-order valence-electron chi connectivity index (χ0n) is 15.4. The molecule has 1 heterocycles. The van der Waals surface area contributed by atoms with E-state index in [0.29, 0.717) is 16.8 Å². The Morgan fingerprint density at radius 3 is 2.31 bits per heavy atom. The van der Waals surface area contributed by atoms with Crippen LogP contribution in [0.3, 0.4) is 0 Å². The Morgan fingerprint density at radius 1 is 1.14 bits per heavy atom. The quantitative estimate of drug-likeness (QED) is 0.653. The van der Waals surface area contributed by atoms with Crippen LogP contribution < -0.4 is 16.4 Å². The first kappa shape index (κ1) is 19.6. The molecule has 1 saturated heterocycles. The number of nitrogens with one attached hydrogen (secondary N) is 2. The first-order valence-corrected chi connectivity index (χ1v) is 8.59. The molecule has 0 spiro atoms. The van der Waals surface area contributed by atoms with Crippen molar-refractivity contribution in [3.63, 3.8) is 0 Å². The number of amides is 5. The molecule has 1 aliphatic heterocycles. The van der Waals surface area contributed by atoms with E-state index in [-0.39, 0.29) is 5.56 Å². The Morgan fingerprint density at radius 2 is 1.76 bits per heavy atom. The lowest BCUT2D eigenvalue weighted by Gasteiger charge is -2.22. The lowest BCUT2D eigenvalue weighted by atomic mass is 9.91. The third-order valence-corrected chi connectivity index (χ3v) is 4.62. The normalized spacial score (nSPS) is 18.1. The zero-order chi connectivity index (χ0) is 21.2. The third kappa shape index (κ3) is 3.77. The molecule has 29 heavy (non-hydrogen) atoms. The van der Waals surface area contributed by atoms with Crippen molar-refractivity contribution in [3.8, 4) is 6.07 Å². The Balaban J connectivity index is 1.71. The summed E-state index contributed by atoms with van der Waals surface area (Å²) in [5.41, 5.74) is 5.43. The highest BCUT2D eigenvalue weighted by atomic mass is 16.2. The van der Waals surface area contributed by atoms with E-state index in [1.807, 2.05) is 6.07 Å². The van der Waals surface area contributed by atoms with Crippen LogP contribution in [0.25, 0.3) is 0 Å². The average molecular weight is 391 g/mol. The molecule has 1 unspecified atom stereocenters. The smallest absolute Gasteiger partial charge is 0.325 e. The second-order valence-electron chi connectivity index (χ2n) is 6.63. The van der Waals surface area contributed by atoms with Gasteiger partial charge >= 0.3 is 6.03 Å². The fraction of sp³-hybridized carbons (Fsp3) is 0.150. The summed E-state index contributed by atoms with van der Waals surface area (Å²) in [7, 11) is 0. The van der Waals surface area contributed by atoms with E-state index >= 15 is 0 Å². The highest BCUT2D eigenvalue weighted by molar-refractivity contribution is 6.10. The van der Waals surface area contributed by atoms with Gasteiger partial charge in [0, 0.05) is 11.3 Å². The van der Waals surface area contributed by atoms with E-state index < -0.39 is 35.8 Å². The molecule has 0 saturated carbocycles.